The third-order valence-corrected chi connectivity index (χ3v) is 3.38. The summed E-state index contributed by atoms with van der Waals surface area (Å²) in [6.45, 7) is 2.11. The Morgan fingerprint density at radius 1 is 1.44 bits per heavy atom. The topological polar surface area (TPSA) is 92.4 Å². The number of hydrogen-bond acceptors (Lipinski definition) is 4. The number of carbonyl (C=O) groups is 2. The lowest BCUT2D eigenvalue weighted by Gasteiger charge is -2.29. The standard InChI is InChI=1S/C12H16N2O4/c1-7-4-2-3-5-8(7)13-11(15)9-6-10(12(16)17)18-14-9/h6-8H,2-5H2,1H3,(H,13,15)(H,16,17). The van der Waals surface area contributed by atoms with Gasteiger partial charge in [0.25, 0.3) is 5.91 Å². The molecular weight excluding hydrogens is 236 g/mol. The summed E-state index contributed by atoms with van der Waals surface area (Å²) in [5.74, 6) is -1.48. The molecule has 2 rings (SSSR count). The maximum Gasteiger partial charge on any atom is 0.374 e. The van der Waals surface area contributed by atoms with Gasteiger partial charge >= 0.3 is 5.97 Å². The van der Waals surface area contributed by atoms with E-state index < -0.39 is 5.97 Å². The summed E-state index contributed by atoms with van der Waals surface area (Å²) >= 11 is 0. The van der Waals surface area contributed by atoms with Crippen molar-refractivity contribution in [2.75, 3.05) is 0 Å². The van der Waals surface area contributed by atoms with E-state index >= 15 is 0 Å². The summed E-state index contributed by atoms with van der Waals surface area (Å²) in [6, 6.07) is 1.28. The summed E-state index contributed by atoms with van der Waals surface area (Å²) in [4.78, 5) is 22.5. The van der Waals surface area contributed by atoms with Crippen molar-refractivity contribution in [1.82, 2.24) is 10.5 Å². The quantitative estimate of drug-likeness (QED) is 0.853. The molecule has 2 unspecified atom stereocenters. The van der Waals surface area contributed by atoms with E-state index in [1.165, 1.54) is 6.42 Å². The van der Waals surface area contributed by atoms with E-state index in [9.17, 15) is 9.59 Å². The van der Waals surface area contributed by atoms with Crippen LogP contribution < -0.4 is 5.32 Å². The molecule has 0 bridgehead atoms. The molecule has 6 heteroatoms. The number of rotatable bonds is 3. The predicted octanol–water partition coefficient (Wildman–Crippen LogP) is 1.68. The minimum absolute atomic E-state index is 0.0187. The van der Waals surface area contributed by atoms with E-state index in [0.717, 1.165) is 25.3 Å². The summed E-state index contributed by atoms with van der Waals surface area (Å²) in [7, 11) is 0. The highest BCUT2D eigenvalue weighted by atomic mass is 16.5. The van der Waals surface area contributed by atoms with Gasteiger partial charge in [-0.05, 0) is 18.8 Å². The monoisotopic (exact) mass is 252 g/mol. The number of aromatic carboxylic acids is 1. The Bertz CT molecular complexity index is 455. The highest BCUT2D eigenvalue weighted by Crippen LogP contribution is 2.23. The molecule has 1 fully saturated rings. The Morgan fingerprint density at radius 2 is 2.17 bits per heavy atom. The zero-order valence-corrected chi connectivity index (χ0v) is 10.2. The van der Waals surface area contributed by atoms with Crippen molar-refractivity contribution in [3.8, 4) is 0 Å². The molecule has 2 atom stereocenters. The summed E-state index contributed by atoms with van der Waals surface area (Å²) in [6.07, 6.45) is 4.36. The van der Waals surface area contributed by atoms with Crippen LogP contribution in [0.1, 0.15) is 53.7 Å². The van der Waals surface area contributed by atoms with Gasteiger partial charge in [-0.25, -0.2) is 4.79 Å². The number of carbonyl (C=O) groups excluding carboxylic acids is 1. The average molecular weight is 252 g/mol. The van der Waals surface area contributed by atoms with Gasteiger partial charge in [0, 0.05) is 12.1 Å². The van der Waals surface area contributed by atoms with Crippen LogP contribution in [0, 0.1) is 5.92 Å². The molecule has 0 saturated heterocycles. The van der Waals surface area contributed by atoms with Gasteiger partial charge in [-0.3, -0.25) is 4.79 Å². The Labute approximate surface area is 104 Å². The fourth-order valence-electron chi connectivity index (χ4n) is 2.26. The van der Waals surface area contributed by atoms with Crippen molar-refractivity contribution in [1.29, 1.82) is 0 Å². The summed E-state index contributed by atoms with van der Waals surface area (Å²) in [5, 5.41) is 15.0. The van der Waals surface area contributed by atoms with Crippen LogP contribution in [0.2, 0.25) is 0 Å². The van der Waals surface area contributed by atoms with E-state index in [4.69, 9.17) is 5.11 Å². The summed E-state index contributed by atoms with van der Waals surface area (Å²) in [5.41, 5.74) is 0.0187. The van der Waals surface area contributed by atoms with Crippen molar-refractivity contribution in [2.45, 2.75) is 38.6 Å². The molecule has 98 valence electrons. The van der Waals surface area contributed by atoms with Crippen LogP contribution >= 0.6 is 0 Å². The Balaban J connectivity index is 2.00. The van der Waals surface area contributed by atoms with Crippen LogP contribution in [-0.2, 0) is 0 Å². The average Bonchev–Trinajstić information content (AvgIpc) is 2.81. The van der Waals surface area contributed by atoms with Gasteiger partial charge in [-0.2, -0.15) is 0 Å². The molecule has 1 saturated carbocycles. The number of hydrogen-bond donors (Lipinski definition) is 2. The molecule has 1 aliphatic carbocycles. The van der Waals surface area contributed by atoms with Crippen molar-refractivity contribution < 1.29 is 19.2 Å². The molecular formula is C12H16N2O4. The molecule has 0 spiro atoms. The number of nitrogens with zero attached hydrogens (tertiary/aromatic N) is 1. The Hall–Kier alpha value is -1.85. The van der Waals surface area contributed by atoms with E-state index in [1.54, 1.807) is 0 Å². The molecule has 2 N–H and O–H groups in total. The second kappa shape index (κ2) is 5.20. The molecule has 0 radical (unpaired) electrons. The van der Waals surface area contributed by atoms with E-state index in [-0.39, 0.29) is 23.4 Å². The second-order valence-corrected chi connectivity index (χ2v) is 4.72. The minimum Gasteiger partial charge on any atom is -0.475 e. The third-order valence-electron chi connectivity index (χ3n) is 3.38. The number of carboxylic acid groups (broad SMARTS) is 1. The lowest BCUT2D eigenvalue weighted by atomic mass is 9.86. The van der Waals surface area contributed by atoms with E-state index in [2.05, 4.69) is 21.9 Å². The number of nitrogens with one attached hydrogen (secondary N) is 1. The molecule has 0 aromatic carbocycles. The van der Waals surface area contributed by atoms with E-state index in [0.29, 0.717) is 5.92 Å². The van der Waals surface area contributed by atoms with Gasteiger partial charge in [0.05, 0.1) is 0 Å². The minimum atomic E-state index is -1.23. The van der Waals surface area contributed by atoms with Gasteiger partial charge in [0.15, 0.2) is 5.69 Å². The first-order valence-electron chi connectivity index (χ1n) is 6.09. The molecule has 1 aromatic rings. The number of amides is 1. The first kappa shape index (κ1) is 12.6. The Kier molecular flexibility index (Phi) is 3.64. The van der Waals surface area contributed by atoms with Gasteiger partial charge < -0.3 is 14.9 Å². The second-order valence-electron chi connectivity index (χ2n) is 4.72. The molecule has 1 amide bonds. The molecule has 1 aromatic heterocycles. The zero-order valence-electron chi connectivity index (χ0n) is 10.2. The molecule has 0 aliphatic heterocycles. The molecule has 18 heavy (non-hydrogen) atoms. The summed E-state index contributed by atoms with van der Waals surface area (Å²) < 4.78 is 4.55. The van der Waals surface area contributed by atoms with Crippen LogP contribution in [0.25, 0.3) is 0 Å². The molecule has 1 heterocycles. The smallest absolute Gasteiger partial charge is 0.374 e. The molecule has 1 aliphatic rings. The van der Waals surface area contributed by atoms with Crippen molar-refractivity contribution in [3.63, 3.8) is 0 Å². The normalized spacial score (nSPS) is 23.6. The van der Waals surface area contributed by atoms with Gasteiger partial charge in [-0.1, -0.05) is 24.9 Å². The highest BCUT2D eigenvalue weighted by molar-refractivity contribution is 5.94. The van der Waals surface area contributed by atoms with Crippen LogP contribution in [0.15, 0.2) is 10.6 Å². The van der Waals surface area contributed by atoms with Crippen LogP contribution in [-0.4, -0.2) is 28.2 Å². The SMILES string of the molecule is CC1CCCCC1NC(=O)c1cc(C(=O)O)on1. The van der Waals surface area contributed by atoms with Crippen LogP contribution in [0.3, 0.4) is 0 Å². The number of carboxylic acids is 1. The zero-order chi connectivity index (χ0) is 13.1. The largest absolute Gasteiger partial charge is 0.475 e. The third kappa shape index (κ3) is 2.69. The number of aromatic nitrogens is 1. The fourth-order valence-corrected chi connectivity index (χ4v) is 2.26. The van der Waals surface area contributed by atoms with Crippen LogP contribution in [0.4, 0.5) is 0 Å². The fraction of sp³-hybridized carbons (Fsp3) is 0.583. The van der Waals surface area contributed by atoms with E-state index in [1.807, 2.05) is 0 Å². The van der Waals surface area contributed by atoms with Crippen molar-refractivity contribution in [3.05, 3.63) is 17.5 Å². The molecule has 6 nitrogen and oxygen atoms in total. The lowest BCUT2D eigenvalue weighted by molar-refractivity contribution is 0.0650. The van der Waals surface area contributed by atoms with Gasteiger partial charge in [0.1, 0.15) is 0 Å². The van der Waals surface area contributed by atoms with Crippen molar-refractivity contribution >= 4 is 11.9 Å². The highest BCUT2D eigenvalue weighted by Gasteiger charge is 2.25. The van der Waals surface area contributed by atoms with Crippen molar-refractivity contribution in [2.24, 2.45) is 5.92 Å². The van der Waals surface area contributed by atoms with Crippen LogP contribution in [0.5, 0.6) is 0 Å². The van der Waals surface area contributed by atoms with Gasteiger partial charge in [0.2, 0.25) is 5.76 Å². The lowest BCUT2D eigenvalue weighted by Crippen LogP contribution is -2.41. The maximum absolute atomic E-state index is 11.9. The first-order chi connectivity index (χ1) is 8.58. The Morgan fingerprint density at radius 3 is 2.78 bits per heavy atom. The maximum atomic E-state index is 11.9. The first-order valence-corrected chi connectivity index (χ1v) is 6.09. The van der Waals surface area contributed by atoms with Gasteiger partial charge in [-0.15, -0.1) is 0 Å². The predicted molar refractivity (Wildman–Crippen MR) is 62.3 cm³/mol.